The molecule has 1 aromatic rings. The lowest BCUT2D eigenvalue weighted by Gasteiger charge is -2.21. The predicted molar refractivity (Wildman–Crippen MR) is 74.6 cm³/mol. The Morgan fingerprint density at radius 3 is 2.78 bits per heavy atom. The number of anilines is 1. The van der Waals surface area contributed by atoms with Crippen LogP contribution in [0.15, 0.2) is 18.2 Å². The smallest absolute Gasteiger partial charge is 0.126 e. The van der Waals surface area contributed by atoms with Crippen LogP contribution in [0.3, 0.4) is 0 Å². The first-order valence-corrected chi connectivity index (χ1v) is 7.29. The maximum absolute atomic E-state index is 4.69. The molecule has 0 unspecified atom stereocenters. The molecule has 0 saturated heterocycles. The first-order chi connectivity index (χ1) is 8.85. The van der Waals surface area contributed by atoms with Crippen molar-refractivity contribution in [1.29, 1.82) is 0 Å². The summed E-state index contributed by atoms with van der Waals surface area (Å²) >= 11 is 0. The minimum atomic E-state index is 0.843. The minimum Gasteiger partial charge on any atom is -0.370 e. The Balaban J connectivity index is 1.63. The molecule has 3 heteroatoms. The zero-order valence-electron chi connectivity index (χ0n) is 11.2. The monoisotopic (exact) mass is 245 g/mol. The summed E-state index contributed by atoms with van der Waals surface area (Å²) < 4.78 is 0. The number of hydrogen-bond acceptors (Lipinski definition) is 3. The van der Waals surface area contributed by atoms with Gasteiger partial charge >= 0.3 is 0 Å². The van der Waals surface area contributed by atoms with Crippen molar-refractivity contribution < 1.29 is 0 Å². The van der Waals surface area contributed by atoms with Crippen molar-refractivity contribution in [2.75, 3.05) is 18.4 Å². The Bertz CT molecular complexity index is 396. The number of nitrogens with one attached hydrogen (secondary N) is 1. The fourth-order valence-electron chi connectivity index (χ4n) is 2.47. The second kappa shape index (κ2) is 5.27. The quantitative estimate of drug-likeness (QED) is 0.800. The van der Waals surface area contributed by atoms with Crippen molar-refractivity contribution in [1.82, 2.24) is 9.88 Å². The van der Waals surface area contributed by atoms with Crippen LogP contribution in [0, 0.1) is 5.92 Å². The van der Waals surface area contributed by atoms with Gasteiger partial charge in [-0.15, -0.1) is 0 Å². The lowest BCUT2D eigenvalue weighted by atomic mass is 10.3. The lowest BCUT2D eigenvalue weighted by molar-refractivity contribution is 0.241. The van der Waals surface area contributed by atoms with Crippen molar-refractivity contribution in [3.05, 3.63) is 23.9 Å². The van der Waals surface area contributed by atoms with E-state index in [4.69, 9.17) is 0 Å². The van der Waals surface area contributed by atoms with Gasteiger partial charge in [0.25, 0.3) is 0 Å². The fraction of sp³-hybridized carbons (Fsp3) is 0.667. The number of nitrogens with zero attached hydrogens (tertiary/aromatic N) is 2. The number of pyridine rings is 1. The van der Waals surface area contributed by atoms with Crippen LogP contribution >= 0.6 is 0 Å². The van der Waals surface area contributed by atoms with E-state index in [1.165, 1.54) is 37.9 Å². The molecule has 2 aliphatic rings. The zero-order chi connectivity index (χ0) is 12.4. The third-order valence-corrected chi connectivity index (χ3v) is 3.78. The summed E-state index contributed by atoms with van der Waals surface area (Å²) in [6, 6.07) is 7.16. The summed E-state index contributed by atoms with van der Waals surface area (Å²) in [6.45, 7) is 5.36. The van der Waals surface area contributed by atoms with Gasteiger partial charge in [0.1, 0.15) is 5.82 Å². The van der Waals surface area contributed by atoms with E-state index in [-0.39, 0.29) is 0 Å². The molecule has 18 heavy (non-hydrogen) atoms. The third-order valence-electron chi connectivity index (χ3n) is 3.78. The predicted octanol–water partition coefficient (Wildman–Crippen LogP) is 2.89. The first kappa shape index (κ1) is 12.0. The molecule has 1 N–H and O–H groups in total. The Labute approximate surface area is 110 Å². The van der Waals surface area contributed by atoms with Gasteiger partial charge in [-0.25, -0.2) is 4.98 Å². The molecule has 1 heterocycles. The number of rotatable bonds is 7. The van der Waals surface area contributed by atoms with Crippen molar-refractivity contribution in [2.45, 2.75) is 45.2 Å². The standard InChI is InChI=1S/C15H23N3/c1-2-16-15-5-3-4-13(17-15)11-18(14-8-9-14)10-12-6-7-12/h3-5,12,14H,2,6-11H2,1H3,(H,16,17). The summed E-state index contributed by atoms with van der Waals surface area (Å²) in [5.41, 5.74) is 1.21. The average Bonchev–Trinajstić information content (AvgIpc) is 3.24. The highest BCUT2D eigenvalue weighted by Crippen LogP contribution is 2.35. The second-order valence-corrected chi connectivity index (χ2v) is 5.65. The lowest BCUT2D eigenvalue weighted by Crippen LogP contribution is -2.28. The maximum Gasteiger partial charge on any atom is 0.126 e. The molecule has 3 nitrogen and oxygen atoms in total. The Hall–Kier alpha value is -1.09. The molecule has 0 bridgehead atoms. The van der Waals surface area contributed by atoms with Crippen molar-refractivity contribution in [3.8, 4) is 0 Å². The highest BCUT2D eigenvalue weighted by molar-refractivity contribution is 5.35. The summed E-state index contributed by atoms with van der Waals surface area (Å²) in [4.78, 5) is 7.34. The van der Waals surface area contributed by atoms with Gasteiger partial charge in [0, 0.05) is 25.7 Å². The van der Waals surface area contributed by atoms with Crippen LogP contribution in [0.25, 0.3) is 0 Å². The van der Waals surface area contributed by atoms with Crippen molar-refractivity contribution in [3.63, 3.8) is 0 Å². The van der Waals surface area contributed by atoms with Gasteiger partial charge in [0.05, 0.1) is 5.69 Å². The highest BCUT2D eigenvalue weighted by Gasteiger charge is 2.33. The normalized spacial score (nSPS) is 19.2. The van der Waals surface area contributed by atoms with Gasteiger partial charge in [0.2, 0.25) is 0 Å². The van der Waals surface area contributed by atoms with Crippen LogP contribution in [0.2, 0.25) is 0 Å². The SMILES string of the molecule is CCNc1cccc(CN(CC2CC2)C2CC2)n1. The van der Waals surface area contributed by atoms with Gasteiger partial charge in [-0.1, -0.05) is 6.07 Å². The Kier molecular flexibility index (Phi) is 3.50. The Morgan fingerprint density at radius 1 is 1.28 bits per heavy atom. The van der Waals surface area contributed by atoms with Gasteiger partial charge < -0.3 is 5.32 Å². The molecule has 0 amide bonds. The summed E-state index contributed by atoms with van der Waals surface area (Å²) in [5.74, 6) is 1.99. The van der Waals surface area contributed by atoms with Crippen LogP contribution in [-0.4, -0.2) is 29.0 Å². The average molecular weight is 245 g/mol. The van der Waals surface area contributed by atoms with Crippen LogP contribution in [0.5, 0.6) is 0 Å². The molecule has 2 fully saturated rings. The minimum absolute atomic E-state index is 0.843. The highest BCUT2D eigenvalue weighted by atomic mass is 15.2. The topological polar surface area (TPSA) is 28.2 Å². The molecule has 98 valence electrons. The molecular weight excluding hydrogens is 222 g/mol. The molecule has 0 aliphatic heterocycles. The van der Waals surface area contributed by atoms with Crippen LogP contribution in [-0.2, 0) is 6.54 Å². The summed E-state index contributed by atoms with van der Waals surface area (Å²) in [5, 5.41) is 3.29. The zero-order valence-corrected chi connectivity index (χ0v) is 11.2. The van der Waals surface area contributed by atoms with Crippen LogP contribution in [0.4, 0.5) is 5.82 Å². The fourth-order valence-corrected chi connectivity index (χ4v) is 2.47. The van der Waals surface area contributed by atoms with Gasteiger partial charge in [-0.05, 0) is 50.7 Å². The van der Waals surface area contributed by atoms with Gasteiger partial charge in [0.15, 0.2) is 0 Å². The molecular formula is C15H23N3. The van der Waals surface area contributed by atoms with Gasteiger partial charge in [-0.2, -0.15) is 0 Å². The van der Waals surface area contributed by atoms with Gasteiger partial charge in [-0.3, -0.25) is 4.90 Å². The van der Waals surface area contributed by atoms with E-state index in [2.05, 4.69) is 40.3 Å². The third kappa shape index (κ3) is 3.22. The van der Waals surface area contributed by atoms with E-state index in [0.717, 1.165) is 30.9 Å². The number of hydrogen-bond donors (Lipinski definition) is 1. The van der Waals surface area contributed by atoms with E-state index in [1.54, 1.807) is 0 Å². The molecule has 3 rings (SSSR count). The molecule has 2 saturated carbocycles. The molecule has 1 aromatic heterocycles. The van der Waals surface area contributed by atoms with Crippen LogP contribution < -0.4 is 5.32 Å². The Morgan fingerprint density at radius 2 is 2.11 bits per heavy atom. The van der Waals surface area contributed by atoms with E-state index < -0.39 is 0 Å². The first-order valence-electron chi connectivity index (χ1n) is 7.29. The van der Waals surface area contributed by atoms with E-state index in [9.17, 15) is 0 Å². The van der Waals surface area contributed by atoms with Crippen LogP contribution in [0.1, 0.15) is 38.3 Å². The molecule has 2 aliphatic carbocycles. The number of aromatic nitrogens is 1. The molecule has 0 radical (unpaired) electrons. The van der Waals surface area contributed by atoms with E-state index in [0.29, 0.717) is 0 Å². The van der Waals surface area contributed by atoms with E-state index in [1.807, 2.05) is 0 Å². The second-order valence-electron chi connectivity index (χ2n) is 5.65. The van der Waals surface area contributed by atoms with Crippen molar-refractivity contribution >= 4 is 5.82 Å². The maximum atomic E-state index is 4.69. The largest absolute Gasteiger partial charge is 0.370 e. The molecule has 0 spiro atoms. The molecule has 0 aromatic carbocycles. The molecule has 0 atom stereocenters. The van der Waals surface area contributed by atoms with E-state index >= 15 is 0 Å². The summed E-state index contributed by atoms with van der Waals surface area (Å²) in [6.07, 6.45) is 5.65. The summed E-state index contributed by atoms with van der Waals surface area (Å²) in [7, 11) is 0. The van der Waals surface area contributed by atoms with Crippen molar-refractivity contribution in [2.24, 2.45) is 5.92 Å².